The van der Waals surface area contributed by atoms with Gasteiger partial charge in [-0.15, -0.1) is 0 Å². The molecule has 0 saturated heterocycles. The van der Waals surface area contributed by atoms with E-state index in [0.717, 1.165) is 0 Å². The molecule has 8 nitrogen and oxygen atoms in total. The molecule has 0 bridgehead atoms. The molecule has 0 aliphatic carbocycles. The molecule has 22 heavy (non-hydrogen) atoms. The van der Waals surface area contributed by atoms with Crippen molar-refractivity contribution in [2.45, 2.75) is 13.0 Å². The Morgan fingerprint density at radius 1 is 1.23 bits per heavy atom. The van der Waals surface area contributed by atoms with Crippen LogP contribution < -0.4 is 0 Å². The highest BCUT2D eigenvalue weighted by molar-refractivity contribution is 5.94. The summed E-state index contributed by atoms with van der Waals surface area (Å²) < 4.78 is 10.6. The van der Waals surface area contributed by atoms with Gasteiger partial charge in [-0.05, 0) is 5.56 Å². The fraction of sp³-hybridized carbons (Fsp3) is 0.286. The lowest BCUT2D eigenvalue weighted by molar-refractivity contribution is -0.383. The normalized spacial score (nSPS) is 10.5. The van der Waals surface area contributed by atoms with E-state index in [1.165, 1.54) is 37.1 Å². The predicted octanol–water partition coefficient (Wildman–Crippen LogP) is 1.44. The molecule has 0 spiro atoms. The molecule has 116 valence electrons. The monoisotopic (exact) mass is 306 g/mol. The largest absolute Gasteiger partial charge is 0.469 e. The van der Waals surface area contributed by atoms with Crippen molar-refractivity contribution in [2.24, 2.45) is 0 Å². The number of hydrogen-bond acceptors (Lipinski definition) is 6. The Morgan fingerprint density at radius 2 is 1.91 bits per heavy atom. The summed E-state index contributed by atoms with van der Waals surface area (Å²) in [5.41, 5.74) is 0.684. The molecular weight excluding hydrogens is 292 g/mol. The van der Waals surface area contributed by atoms with Crippen LogP contribution in [-0.4, -0.2) is 35.6 Å². The first-order valence-electron chi connectivity index (χ1n) is 6.36. The van der Waals surface area contributed by atoms with E-state index >= 15 is 0 Å². The fourth-order valence-electron chi connectivity index (χ4n) is 2.26. The molecule has 0 aliphatic heterocycles. The number of benzene rings is 1. The molecule has 0 atom stereocenters. The number of nitro groups is 1. The van der Waals surface area contributed by atoms with E-state index in [4.69, 9.17) is 0 Å². The zero-order valence-electron chi connectivity index (χ0n) is 12.1. The summed E-state index contributed by atoms with van der Waals surface area (Å²) in [7, 11) is 2.50. The standard InChI is InChI=1S/C14H14N2O6/c1-21-12(17)6-9-7-15(8-13(18)22-2)14-10(9)4-3-5-11(14)16(19)20/h3-5,7H,6,8H2,1-2H3. The van der Waals surface area contributed by atoms with Crippen molar-refractivity contribution >= 4 is 28.5 Å². The third-order valence-corrected chi connectivity index (χ3v) is 3.25. The quantitative estimate of drug-likeness (QED) is 0.470. The van der Waals surface area contributed by atoms with E-state index in [9.17, 15) is 19.7 Å². The zero-order chi connectivity index (χ0) is 16.3. The number of aromatic nitrogens is 1. The van der Waals surface area contributed by atoms with Crippen LogP contribution in [0.5, 0.6) is 0 Å². The number of rotatable bonds is 5. The highest BCUT2D eigenvalue weighted by Gasteiger charge is 2.21. The van der Waals surface area contributed by atoms with Gasteiger partial charge in [-0.25, -0.2) is 0 Å². The number of carbonyl (C=O) groups excluding carboxylic acids is 2. The van der Waals surface area contributed by atoms with Gasteiger partial charge in [-0.1, -0.05) is 12.1 Å². The number of ether oxygens (including phenoxy) is 2. The van der Waals surface area contributed by atoms with Crippen LogP contribution in [0.2, 0.25) is 0 Å². The molecule has 0 aliphatic rings. The summed E-state index contributed by atoms with van der Waals surface area (Å²) in [6.07, 6.45) is 1.49. The van der Waals surface area contributed by atoms with Crippen molar-refractivity contribution in [3.8, 4) is 0 Å². The molecule has 0 amide bonds. The number of non-ortho nitro benzene ring substituents is 1. The van der Waals surface area contributed by atoms with Gasteiger partial charge in [0.25, 0.3) is 5.69 Å². The number of hydrogen-bond donors (Lipinski definition) is 0. The lowest BCUT2D eigenvalue weighted by atomic mass is 10.1. The Morgan fingerprint density at radius 3 is 2.50 bits per heavy atom. The number of carbonyl (C=O) groups is 2. The van der Waals surface area contributed by atoms with Crippen LogP contribution in [0.1, 0.15) is 5.56 Å². The lowest BCUT2D eigenvalue weighted by Crippen LogP contribution is -2.11. The number of methoxy groups -OCH3 is 2. The first-order valence-corrected chi connectivity index (χ1v) is 6.36. The minimum atomic E-state index is -0.542. The summed E-state index contributed by atoms with van der Waals surface area (Å²) in [6.45, 7) is -0.182. The van der Waals surface area contributed by atoms with Crippen LogP contribution in [0.4, 0.5) is 5.69 Å². The number of nitro benzene ring substituents is 1. The summed E-state index contributed by atoms with van der Waals surface area (Å²) in [5, 5.41) is 11.7. The summed E-state index contributed by atoms with van der Waals surface area (Å²) in [4.78, 5) is 33.6. The van der Waals surface area contributed by atoms with Crippen LogP contribution in [0.25, 0.3) is 10.9 Å². The van der Waals surface area contributed by atoms with Gasteiger partial charge in [0, 0.05) is 17.6 Å². The highest BCUT2D eigenvalue weighted by Crippen LogP contribution is 2.30. The van der Waals surface area contributed by atoms with Crippen molar-refractivity contribution in [3.05, 3.63) is 40.1 Å². The number of esters is 2. The van der Waals surface area contributed by atoms with Gasteiger partial charge in [-0.2, -0.15) is 0 Å². The molecule has 8 heteroatoms. The Kier molecular flexibility index (Phi) is 4.40. The number of fused-ring (bicyclic) bond motifs is 1. The minimum Gasteiger partial charge on any atom is -0.469 e. The molecule has 0 unspecified atom stereocenters. The Labute approximate surface area is 125 Å². The van der Waals surface area contributed by atoms with E-state index < -0.39 is 16.9 Å². The molecule has 0 fully saturated rings. The smallest absolute Gasteiger partial charge is 0.325 e. The van der Waals surface area contributed by atoms with E-state index in [1.807, 2.05) is 0 Å². The van der Waals surface area contributed by atoms with Gasteiger partial charge in [0.2, 0.25) is 0 Å². The van der Waals surface area contributed by atoms with Crippen molar-refractivity contribution in [3.63, 3.8) is 0 Å². The van der Waals surface area contributed by atoms with Gasteiger partial charge < -0.3 is 14.0 Å². The van der Waals surface area contributed by atoms with E-state index in [1.54, 1.807) is 6.07 Å². The Bertz CT molecular complexity index is 749. The second-order valence-corrected chi connectivity index (χ2v) is 4.54. The first kappa shape index (κ1) is 15.5. The van der Waals surface area contributed by atoms with Crippen molar-refractivity contribution in [1.82, 2.24) is 4.57 Å². The van der Waals surface area contributed by atoms with Crippen LogP contribution in [0, 0.1) is 10.1 Å². The molecular formula is C14H14N2O6. The summed E-state index contributed by atoms with van der Waals surface area (Å²) in [5.74, 6) is -1.01. The van der Waals surface area contributed by atoms with Crippen molar-refractivity contribution < 1.29 is 24.0 Å². The Balaban J connectivity index is 2.63. The lowest BCUT2D eigenvalue weighted by Gasteiger charge is -2.03. The number of nitrogens with zero attached hydrogens (tertiary/aromatic N) is 2. The molecule has 0 saturated carbocycles. The van der Waals surface area contributed by atoms with E-state index in [-0.39, 0.29) is 24.2 Å². The minimum absolute atomic E-state index is 0.0393. The maximum Gasteiger partial charge on any atom is 0.325 e. The van der Waals surface area contributed by atoms with Gasteiger partial charge in [0.15, 0.2) is 0 Å². The average Bonchev–Trinajstić information content (AvgIpc) is 2.84. The van der Waals surface area contributed by atoms with Crippen LogP contribution in [-0.2, 0) is 32.0 Å². The van der Waals surface area contributed by atoms with Gasteiger partial charge in [0.05, 0.1) is 25.6 Å². The SMILES string of the molecule is COC(=O)Cc1cn(CC(=O)OC)c2c([N+](=O)[O-])cccc12. The molecule has 2 aromatic rings. The number of para-hydroxylation sites is 1. The fourth-order valence-corrected chi connectivity index (χ4v) is 2.26. The van der Waals surface area contributed by atoms with Crippen molar-refractivity contribution in [2.75, 3.05) is 14.2 Å². The maximum atomic E-state index is 11.5. The molecule has 0 radical (unpaired) electrons. The molecule has 0 N–H and O–H groups in total. The topological polar surface area (TPSA) is 101 Å². The molecule has 2 rings (SSSR count). The van der Waals surface area contributed by atoms with E-state index in [2.05, 4.69) is 9.47 Å². The van der Waals surface area contributed by atoms with E-state index in [0.29, 0.717) is 10.9 Å². The molecule has 1 heterocycles. The van der Waals surface area contributed by atoms with Gasteiger partial charge >= 0.3 is 11.9 Å². The van der Waals surface area contributed by atoms with Crippen LogP contribution in [0.15, 0.2) is 24.4 Å². The summed E-state index contributed by atoms with van der Waals surface area (Å²) >= 11 is 0. The average molecular weight is 306 g/mol. The van der Waals surface area contributed by atoms with Crippen LogP contribution >= 0.6 is 0 Å². The zero-order valence-corrected chi connectivity index (χ0v) is 12.1. The Hall–Kier alpha value is -2.90. The van der Waals surface area contributed by atoms with Gasteiger partial charge in [0.1, 0.15) is 12.1 Å². The van der Waals surface area contributed by atoms with Gasteiger partial charge in [-0.3, -0.25) is 19.7 Å². The second-order valence-electron chi connectivity index (χ2n) is 4.54. The van der Waals surface area contributed by atoms with Crippen LogP contribution in [0.3, 0.4) is 0 Å². The highest BCUT2D eigenvalue weighted by atomic mass is 16.6. The third-order valence-electron chi connectivity index (χ3n) is 3.25. The summed E-state index contributed by atoms with van der Waals surface area (Å²) in [6, 6.07) is 4.54. The van der Waals surface area contributed by atoms with Crippen molar-refractivity contribution in [1.29, 1.82) is 0 Å². The first-order chi connectivity index (χ1) is 10.5. The maximum absolute atomic E-state index is 11.5. The second kappa shape index (κ2) is 6.25. The molecule has 1 aromatic carbocycles. The predicted molar refractivity (Wildman–Crippen MR) is 76.3 cm³/mol. The molecule has 1 aromatic heterocycles. The third kappa shape index (κ3) is 2.90.